The van der Waals surface area contributed by atoms with Crippen LogP contribution in [0.1, 0.15) is 27.2 Å². The first-order chi connectivity index (χ1) is 13.5. The molecule has 3 heterocycles. The molecule has 3 aliphatic rings. The van der Waals surface area contributed by atoms with Crippen molar-refractivity contribution in [1.29, 1.82) is 0 Å². The number of esters is 3. The Bertz CT molecular complexity index is 831. The van der Waals surface area contributed by atoms with Crippen molar-refractivity contribution in [3.8, 4) is 0 Å². The Morgan fingerprint density at radius 3 is 2.76 bits per heavy atom. The number of ether oxygens (including phenoxy) is 3. The molecule has 5 unspecified atom stereocenters. The fraction of sp³-hybridized carbons (Fsp3) is 0.571. The smallest absolute Gasteiger partial charge is 0.351 e. The van der Waals surface area contributed by atoms with Crippen LogP contribution in [-0.4, -0.2) is 66.6 Å². The van der Waals surface area contributed by atoms with Crippen molar-refractivity contribution in [2.45, 2.75) is 44.6 Å². The average Bonchev–Trinajstić information content (AvgIpc) is 3.04. The summed E-state index contributed by atoms with van der Waals surface area (Å²) in [5, 5.41) is 13.9. The highest BCUT2D eigenvalue weighted by Crippen LogP contribution is 2.43. The van der Waals surface area contributed by atoms with Crippen LogP contribution in [0.2, 0.25) is 0 Å². The number of rotatable bonds is 2. The summed E-state index contributed by atoms with van der Waals surface area (Å²) in [5.74, 6) is -2.85. The fourth-order valence-electron chi connectivity index (χ4n) is 4.40. The molecule has 0 aromatic rings. The van der Waals surface area contributed by atoms with Crippen molar-refractivity contribution in [1.82, 2.24) is 0 Å². The zero-order valence-corrected chi connectivity index (χ0v) is 17.2. The lowest BCUT2D eigenvalue weighted by atomic mass is 9.88. The minimum absolute atomic E-state index is 0.0949. The van der Waals surface area contributed by atoms with Crippen molar-refractivity contribution in [3.05, 3.63) is 36.0 Å². The summed E-state index contributed by atoms with van der Waals surface area (Å²) >= 11 is 0. The Morgan fingerprint density at radius 1 is 1.45 bits per heavy atom. The van der Waals surface area contributed by atoms with Gasteiger partial charge in [-0.05, 0) is 13.0 Å². The molecule has 0 bridgehead atoms. The van der Waals surface area contributed by atoms with E-state index in [1.165, 1.54) is 26.0 Å². The van der Waals surface area contributed by atoms with E-state index in [0.29, 0.717) is 25.1 Å². The molecule has 0 spiro atoms. The van der Waals surface area contributed by atoms with Gasteiger partial charge in [0.15, 0.2) is 6.10 Å². The predicted octanol–water partition coefficient (Wildman–Crippen LogP) is 0.372. The third-order valence-corrected chi connectivity index (χ3v) is 6.45. The summed E-state index contributed by atoms with van der Waals surface area (Å²) in [4.78, 5) is 37.4. The number of quaternary nitrogens is 1. The molecule has 29 heavy (non-hydrogen) atoms. The number of hydrogen-bond acceptors (Lipinski definition) is 7. The van der Waals surface area contributed by atoms with Crippen molar-refractivity contribution in [3.63, 3.8) is 0 Å². The molecule has 0 aromatic carbocycles. The maximum absolute atomic E-state index is 13.9. The molecule has 0 amide bonds. The molecule has 3 rings (SSSR count). The molecule has 0 N–H and O–H groups in total. The SMILES string of the molecule is C=CC1=CC(C)C(C)(OC(C)=O)C(=O)OCC2=CC[N+]3(C)CCC(OC1=O)C23[O-]. The second kappa shape index (κ2) is 7.11. The normalized spacial score (nSPS) is 39.8. The molecule has 1 fully saturated rings. The third kappa shape index (κ3) is 3.20. The van der Waals surface area contributed by atoms with E-state index in [2.05, 4.69) is 6.58 Å². The minimum Gasteiger partial charge on any atom is -0.797 e. The molecular weight excluding hydrogens is 378 g/mol. The highest BCUT2D eigenvalue weighted by atomic mass is 16.6. The van der Waals surface area contributed by atoms with E-state index >= 15 is 0 Å². The topological polar surface area (TPSA) is 102 Å². The first-order valence-corrected chi connectivity index (χ1v) is 9.64. The standard InChI is InChI=1S/C21H27NO7/c1-6-15-11-13(2)20(4,29-14(3)23)19(25)27-12-16-7-9-22(5)10-8-17(21(16,22)26)28-18(15)24/h6-7,11,13,17H,1,8-10,12H2,2-5H3. The van der Waals surface area contributed by atoms with Gasteiger partial charge in [0, 0.05) is 24.8 Å². The van der Waals surface area contributed by atoms with E-state index in [9.17, 15) is 19.5 Å². The Balaban J connectivity index is 2.08. The monoisotopic (exact) mass is 405 g/mol. The van der Waals surface area contributed by atoms with E-state index in [1.807, 2.05) is 7.05 Å². The van der Waals surface area contributed by atoms with Crippen LogP contribution in [0, 0.1) is 5.92 Å². The van der Waals surface area contributed by atoms with Crippen LogP contribution in [0.3, 0.4) is 0 Å². The summed E-state index contributed by atoms with van der Waals surface area (Å²) < 4.78 is 16.5. The molecule has 8 nitrogen and oxygen atoms in total. The number of carbonyl (C=O) groups is 3. The van der Waals surface area contributed by atoms with Crippen molar-refractivity contribution < 1.29 is 38.2 Å². The second-order valence-electron chi connectivity index (χ2n) is 8.30. The van der Waals surface area contributed by atoms with Crippen LogP contribution in [0.4, 0.5) is 0 Å². The summed E-state index contributed by atoms with van der Waals surface area (Å²) in [6, 6.07) is 0. The summed E-state index contributed by atoms with van der Waals surface area (Å²) in [6.45, 7) is 8.64. The van der Waals surface area contributed by atoms with Gasteiger partial charge in [0.25, 0.3) is 0 Å². The van der Waals surface area contributed by atoms with Gasteiger partial charge in [-0.2, -0.15) is 0 Å². The zero-order valence-electron chi connectivity index (χ0n) is 17.2. The lowest BCUT2D eigenvalue weighted by Gasteiger charge is -2.49. The molecule has 8 heteroatoms. The lowest BCUT2D eigenvalue weighted by Crippen LogP contribution is -2.69. The van der Waals surface area contributed by atoms with Gasteiger partial charge >= 0.3 is 17.9 Å². The van der Waals surface area contributed by atoms with Crippen LogP contribution < -0.4 is 5.11 Å². The van der Waals surface area contributed by atoms with Gasteiger partial charge in [0.1, 0.15) is 6.61 Å². The number of hydrogen-bond donors (Lipinski definition) is 0. The Morgan fingerprint density at radius 2 is 2.14 bits per heavy atom. The number of cyclic esters (lactones) is 1. The molecule has 158 valence electrons. The van der Waals surface area contributed by atoms with Gasteiger partial charge in [-0.25, -0.2) is 9.59 Å². The van der Waals surface area contributed by atoms with Crippen LogP contribution >= 0.6 is 0 Å². The largest absolute Gasteiger partial charge is 0.797 e. The van der Waals surface area contributed by atoms with Crippen LogP contribution in [0.5, 0.6) is 0 Å². The van der Waals surface area contributed by atoms with Crippen LogP contribution in [0.25, 0.3) is 0 Å². The molecule has 0 aliphatic carbocycles. The van der Waals surface area contributed by atoms with Gasteiger partial charge in [-0.15, -0.1) is 0 Å². The Hall–Kier alpha value is -2.45. The van der Waals surface area contributed by atoms with Crippen molar-refractivity contribution in [2.75, 3.05) is 26.7 Å². The van der Waals surface area contributed by atoms with Gasteiger partial charge in [-0.1, -0.05) is 25.7 Å². The number of nitrogens with zero attached hydrogens (tertiary/aromatic N) is 1. The molecule has 0 radical (unpaired) electrons. The highest BCUT2D eigenvalue weighted by molar-refractivity contribution is 5.92. The van der Waals surface area contributed by atoms with Gasteiger partial charge in [0.05, 0.1) is 31.4 Å². The molecular formula is C21H27NO7. The summed E-state index contributed by atoms with van der Waals surface area (Å²) in [5.41, 5.74) is -2.95. The van der Waals surface area contributed by atoms with Crippen molar-refractivity contribution in [2.24, 2.45) is 5.92 Å². The maximum atomic E-state index is 13.9. The molecule has 1 saturated heterocycles. The molecule has 0 saturated carbocycles. The van der Waals surface area contributed by atoms with E-state index in [4.69, 9.17) is 14.2 Å². The van der Waals surface area contributed by atoms with Gasteiger partial charge in [0.2, 0.25) is 5.60 Å². The first-order valence-electron chi connectivity index (χ1n) is 9.64. The number of likely N-dealkylation sites (N-methyl/N-ethyl adjacent to an activating group) is 1. The summed E-state index contributed by atoms with van der Waals surface area (Å²) in [6.07, 6.45) is 4.04. The van der Waals surface area contributed by atoms with E-state index in [-0.39, 0.29) is 16.7 Å². The third-order valence-electron chi connectivity index (χ3n) is 6.45. The number of carbonyl (C=O) groups excluding carboxylic acids is 3. The minimum atomic E-state index is -1.73. The molecule has 5 atom stereocenters. The quantitative estimate of drug-likeness (QED) is 0.283. The van der Waals surface area contributed by atoms with Gasteiger partial charge in [-0.3, -0.25) is 4.79 Å². The average molecular weight is 405 g/mol. The van der Waals surface area contributed by atoms with E-state index in [0.717, 1.165) is 0 Å². The fourth-order valence-corrected chi connectivity index (χ4v) is 4.40. The predicted molar refractivity (Wildman–Crippen MR) is 99.8 cm³/mol. The Kier molecular flexibility index (Phi) is 5.21. The highest BCUT2D eigenvalue weighted by Gasteiger charge is 2.58. The van der Waals surface area contributed by atoms with E-state index < -0.39 is 41.3 Å². The van der Waals surface area contributed by atoms with Crippen molar-refractivity contribution >= 4 is 17.9 Å². The van der Waals surface area contributed by atoms with E-state index in [1.54, 1.807) is 13.0 Å². The van der Waals surface area contributed by atoms with Crippen LogP contribution in [-0.2, 0) is 28.6 Å². The van der Waals surface area contributed by atoms with Crippen LogP contribution in [0.15, 0.2) is 36.0 Å². The maximum Gasteiger partial charge on any atom is 0.351 e. The lowest BCUT2D eigenvalue weighted by molar-refractivity contribution is -1.01. The summed E-state index contributed by atoms with van der Waals surface area (Å²) in [7, 11) is 1.81. The first kappa shape index (κ1) is 21.3. The molecule has 3 aliphatic heterocycles. The molecule has 0 aromatic heterocycles. The second-order valence-corrected chi connectivity index (χ2v) is 8.30. The Labute approximate surface area is 170 Å². The van der Waals surface area contributed by atoms with Gasteiger partial charge < -0.3 is 23.8 Å². The zero-order chi connectivity index (χ0) is 21.6.